The van der Waals surface area contributed by atoms with E-state index in [0.29, 0.717) is 0 Å². The number of aromatic nitrogens is 4. The van der Waals surface area contributed by atoms with E-state index in [1.807, 2.05) is 37.2 Å². The second-order valence-corrected chi connectivity index (χ2v) is 4.79. The Labute approximate surface area is 114 Å². The maximum Gasteiger partial charge on any atom is 0.145 e. The second kappa shape index (κ2) is 6.43. The molecule has 5 heteroatoms. The van der Waals surface area contributed by atoms with Crippen LogP contribution in [-0.4, -0.2) is 26.3 Å². The van der Waals surface area contributed by atoms with Gasteiger partial charge in [0.05, 0.1) is 12.2 Å². The summed E-state index contributed by atoms with van der Waals surface area (Å²) in [6.07, 6.45) is 9.66. The van der Waals surface area contributed by atoms with Gasteiger partial charge in [-0.2, -0.15) is 5.10 Å². The van der Waals surface area contributed by atoms with Gasteiger partial charge in [-0.1, -0.05) is 6.92 Å². The lowest BCUT2D eigenvalue weighted by molar-refractivity contribution is 0.490. The van der Waals surface area contributed by atoms with Gasteiger partial charge in [-0.15, -0.1) is 0 Å². The van der Waals surface area contributed by atoms with E-state index in [1.165, 1.54) is 5.56 Å². The first-order chi connectivity index (χ1) is 9.19. The molecule has 19 heavy (non-hydrogen) atoms. The molecule has 0 aliphatic rings. The molecule has 1 unspecified atom stereocenters. The molecule has 102 valence electrons. The van der Waals surface area contributed by atoms with Gasteiger partial charge in [0, 0.05) is 25.6 Å². The fraction of sp³-hybridized carbons (Fsp3) is 0.500. The molecule has 0 saturated carbocycles. The highest BCUT2D eigenvalue weighted by Crippen LogP contribution is 2.15. The van der Waals surface area contributed by atoms with Crippen LogP contribution in [0.1, 0.15) is 36.3 Å². The van der Waals surface area contributed by atoms with Crippen LogP contribution in [0.25, 0.3) is 0 Å². The third kappa shape index (κ3) is 3.86. The Morgan fingerprint density at radius 1 is 1.26 bits per heavy atom. The van der Waals surface area contributed by atoms with Crippen molar-refractivity contribution in [2.24, 2.45) is 7.05 Å². The molecule has 0 amide bonds. The molecule has 0 fully saturated rings. The fourth-order valence-corrected chi connectivity index (χ4v) is 2.06. The molecule has 0 aliphatic heterocycles. The quantitative estimate of drug-likeness (QED) is 0.859. The number of nitrogens with one attached hydrogen (secondary N) is 1. The van der Waals surface area contributed by atoms with Gasteiger partial charge in [0.1, 0.15) is 5.82 Å². The number of hydrogen-bond donors (Lipinski definition) is 1. The van der Waals surface area contributed by atoms with Crippen LogP contribution in [0.3, 0.4) is 0 Å². The van der Waals surface area contributed by atoms with Gasteiger partial charge in [-0.3, -0.25) is 4.68 Å². The molecular formula is C14H21N5. The smallest absolute Gasteiger partial charge is 0.145 e. The third-order valence-electron chi connectivity index (χ3n) is 3.04. The van der Waals surface area contributed by atoms with Gasteiger partial charge >= 0.3 is 0 Å². The predicted molar refractivity (Wildman–Crippen MR) is 74.7 cm³/mol. The van der Waals surface area contributed by atoms with Gasteiger partial charge in [-0.25, -0.2) is 9.97 Å². The Morgan fingerprint density at radius 2 is 2.00 bits per heavy atom. The summed E-state index contributed by atoms with van der Waals surface area (Å²) < 4.78 is 1.83. The number of aryl methyl sites for hydroxylation is 3. The van der Waals surface area contributed by atoms with E-state index in [9.17, 15) is 0 Å². The summed E-state index contributed by atoms with van der Waals surface area (Å²) in [5.74, 6) is 0.872. The van der Waals surface area contributed by atoms with E-state index >= 15 is 0 Å². The lowest BCUT2D eigenvalue weighted by Crippen LogP contribution is -2.23. The van der Waals surface area contributed by atoms with E-state index in [2.05, 4.69) is 33.5 Å². The zero-order chi connectivity index (χ0) is 13.7. The zero-order valence-electron chi connectivity index (χ0n) is 11.8. The third-order valence-corrected chi connectivity index (χ3v) is 3.04. The number of rotatable bonds is 6. The lowest BCUT2D eigenvalue weighted by atomic mass is 10.1. The molecule has 0 aliphatic carbocycles. The van der Waals surface area contributed by atoms with E-state index in [4.69, 9.17) is 0 Å². The first-order valence-electron chi connectivity index (χ1n) is 6.68. The lowest BCUT2D eigenvalue weighted by Gasteiger charge is -2.15. The molecule has 0 spiro atoms. The minimum absolute atomic E-state index is 0.200. The standard InChI is InChI=1S/C14H21N5/c1-4-15-13(14-16-7-11(2)8-17-14)6-5-12-9-18-19(3)10-12/h7-10,13,15H,4-6H2,1-3H3. The Bertz CT molecular complexity index is 503. The van der Waals surface area contributed by atoms with Crippen molar-refractivity contribution < 1.29 is 0 Å². The average molecular weight is 259 g/mol. The number of nitrogens with zero attached hydrogens (tertiary/aromatic N) is 4. The van der Waals surface area contributed by atoms with Crippen LogP contribution >= 0.6 is 0 Å². The summed E-state index contributed by atoms with van der Waals surface area (Å²) >= 11 is 0. The highest BCUT2D eigenvalue weighted by molar-refractivity contribution is 5.07. The molecule has 2 aromatic heterocycles. The van der Waals surface area contributed by atoms with Gasteiger partial charge in [0.2, 0.25) is 0 Å². The molecule has 1 atom stereocenters. The van der Waals surface area contributed by atoms with Gasteiger partial charge < -0.3 is 5.32 Å². The normalized spacial score (nSPS) is 12.6. The molecule has 1 N–H and O–H groups in total. The highest BCUT2D eigenvalue weighted by Gasteiger charge is 2.13. The topological polar surface area (TPSA) is 55.6 Å². The largest absolute Gasteiger partial charge is 0.308 e. The van der Waals surface area contributed by atoms with Crippen molar-refractivity contribution in [3.8, 4) is 0 Å². The maximum absolute atomic E-state index is 4.42. The summed E-state index contributed by atoms with van der Waals surface area (Å²) in [6, 6.07) is 0.200. The van der Waals surface area contributed by atoms with Crippen LogP contribution in [0.2, 0.25) is 0 Å². The summed E-state index contributed by atoms with van der Waals surface area (Å²) in [6.45, 7) is 5.02. The van der Waals surface area contributed by atoms with Crippen LogP contribution in [-0.2, 0) is 13.5 Å². The Morgan fingerprint density at radius 3 is 2.58 bits per heavy atom. The molecule has 0 bridgehead atoms. The molecule has 2 aromatic rings. The van der Waals surface area contributed by atoms with Crippen LogP contribution in [0.5, 0.6) is 0 Å². The average Bonchev–Trinajstić information content (AvgIpc) is 2.81. The summed E-state index contributed by atoms with van der Waals surface area (Å²) in [5.41, 5.74) is 2.34. The van der Waals surface area contributed by atoms with Crippen LogP contribution in [0.4, 0.5) is 0 Å². The van der Waals surface area contributed by atoms with Crippen molar-refractivity contribution >= 4 is 0 Å². The van der Waals surface area contributed by atoms with Gasteiger partial charge in [0.15, 0.2) is 0 Å². The van der Waals surface area contributed by atoms with Gasteiger partial charge in [0.25, 0.3) is 0 Å². The maximum atomic E-state index is 4.42. The summed E-state index contributed by atoms with van der Waals surface area (Å²) in [7, 11) is 1.94. The van der Waals surface area contributed by atoms with Crippen molar-refractivity contribution in [1.29, 1.82) is 0 Å². The molecule has 2 heterocycles. The molecule has 0 aromatic carbocycles. The SMILES string of the molecule is CCNC(CCc1cnn(C)c1)c1ncc(C)cn1. The van der Waals surface area contributed by atoms with Crippen molar-refractivity contribution in [1.82, 2.24) is 25.1 Å². The van der Waals surface area contributed by atoms with Crippen LogP contribution in [0.15, 0.2) is 24.8 Å². The Balaban J connectivity index is 2.01. The Hall–Kier alpha value is -1.75. The van der Waals surface area contributed by atoms with E-state index in [0.717, 1.165) is 30.8 Å². The molecule has 5 nitrogen and oxygen atoms in total. The van der Waals surface area contributed by atoms with Crippen molar-refractivity contribution in [3.05, 3.63) is 41.7 Å². The molecule has 0 saturated heterocycles. The minimum atomic E-state index is 0.200. The van der Waals surface area contributed by atoms with E-state index in [-0.39, 0.29) is 6.04 Å². The second-order valence-electron chi connectivity index (χ2n) is 4.79. The van der Waals surface area contributed by atoms with Crippen molar-refractivity contribution in [3.63, 3.8) is 0 Å². The van der Waals surface area contributed by atoms with Gasteiger partial charge in [-0.05, 0) is 37.4 Å². The fourth-order valence-electron chi connectivity index (χ4n) is 2.06. The first kappa shape index (κ1) is 13.7. The number of hydrogen-bond acceptors (Lipinski definition) is 4. The van der Waals surface area contributed by atoms with Crippen LogP contribution in [0, 0.1) is 6.92 Å². The van der Waals surface area contributed by atoms with Crippen LogP contribution < -0.4 is 5.32 Å². The van der Waals surface area contributed by atoms with E-state index in [1.54, 1.807) is 0 Å². The minimum Gasteiger partial charge on any atom is -0.308 e. The summed E-state index contributed by atoms with van der Waals surface area (Å²) in [5, 5.41) is 7.63. The molecule has 0 radical (unpaired) electrons. The Kier molecular flexibility index (Phi) is 4.63. The summed E-state index contributed by atoms with van der Waals surface area (Å²) in [4.78, 5) is 8.84. The molecule has 2 rings (SSSR count). The van der Waals surface area contributed by atoms with E-state index < -0.39 is 0 Å². The predicted octanol–water partition coefficient (Wildman–Crippen LogP) is 1.80. The monoisotopic (exact) mass is 259 g/mol. The zero-order valence-corrected chi connectivity index (χ0v) is 11.8. The highest BCUT2D eigenvalue weighted by atomic mass is 15.2. The van der Waals surface area contributed by atoms with Crippen molar-refractivity contribution in [2.75, 3.05) is 6.54 Å². The first-order valence-corrected chi connectivity index (χ1v) is 6.68. The molecular weight excluding hydrogens is 238 g/mol. The van der Waals surface area contributed by atoms with Crippen molar-refractivity contribution in [2.45, 2.75) is 32.7 Å².